The van der Waals surface area contributed by atoms with E-state index in [9.17, 15) is 14.4 Å². The zero-order valence-corrected chi connectivity index (χ0v) is 10.8. The van der Waals surface area contributed by atoms with E-state index in [-0.39, 0.29) is 19.6 Å². The Morgan fingerprint density at radius 1 is 1.33 bits per heavy atom. The van der Waals surface area contributed by atoms with Gasteiger partial charge in [0.1, 0.15) is 11.6 Å². The monoisotopic (exact) mass is 258 g/mol. The molecule has 0 aliphatic carbocycles. The lowest BCUT2D eigenvalue weighted by Crippen LogP contribution is -2.57. The van der Waals surface area contributed by atoms with Gasteiger partial charge in [-0.15, -0.1) is 0 Å². The molecule has 7 nitrogen and oxygen atoms in total. The molecule has 0 aromatic rings. The average Bonchev–Trinajstić information content (AvgIpc) is 2.25. The number of hydrogen-bond acceptors (Lipinski definition) is 4. The van der Waals surface area contributed by atoms with Crippen LogP contribution in [0.15, 0.2) is 0 Å². The smallest absolute Gasteiger partial charge is 0.410 e. The molecule has 102 valence electrons. The van der Waals surface area contributed by atoms with E-state index in [1.807, 2.05) is 0 Å². The van der Waals surface area contributed by atoms with Crippen molar-refractivity contribution >= 4 is 18.5 Å². The highest BCUT2D eigenvalue weighted by Crippen LogP contribution is 2.14. The fourth-order valence-electron chi connectivity index (χ4n) is 1.64. The summed E-state index contributed by atoms with van der Waals surface area (Å²) in [5.74, 6) is -1.13. The third-order valence-corrected chi connectivity index (χ3v) is 2.49. The molecule has 0 saturated carbocycles. The molecule has 0 aromatic carbocycles. The molecule has 0 radical (unpaired) electrons. The third-order valence-electron chi connectivity index (χ3n) is 2.49. The summed E-state index contributed by atoms with van der Waals surface area (Å²) in [6.07, 6.45) is -0.0649. The van der Waals surface area contributed by atoms with Crippen LogP contribution in [-0.4, -0.2) is 64.7 Å². The first-order valence-electron chi connectivity index (χ1n) is 5.66. The highest BCUT2D eigenvalue weighted by atomic mass is 16.6. The Labute approximate surface area is 105 Å². The lowest BCUT2D eigenvalue weighted by Gasteiger charge is -2.37. The fraction of sp³-hybridized carbons (Fsp3) is 0.727. The van der Waals surface area contributed by atoms with Crippen molar-refractivity contribution in [1.82, 2.24) is 9.80 Å². The van der Waals surface area contributed by atoms with Crippen molar-refractivity contribution < 1.29 is 24.2 Å². The van der Waals surface area contributed by atoms with Crippen LogP contribution in [0, 0.1) is 0 Å². The third kappa shape index (κ3) is 3.61. The lowest BCUT2D eigenvalue weighted by molar-refractivity contribution is -0.149. The van der Waals surface area contributed by atoms with Crippen molar-refractivity contribution in [3.63, 3.8) is 0 Å². The van der Waals surface area contributed by atoms with E-state index in [0.717, 1.165) is 0 Å². The summed E-state index contributed by atoms with van der Waals surface area (Å²) in [5.41, 5.74) is -0.627. The Morgan fingerprint density at radius 2 is 1.94 bits per heavy atom. The van der Waals surface area contributed by atoms with Crippen molar-refractivity contribution in [3.8, 4) is 0 Å². The van der Waals surface area contributed by atoms with E-state index in [4.69, 9.17) is 9.84 Å². The van der Waals surface area contributed by atoms with Crippen LogP contribution in [0.3, 0.4) is 0 Å². The van der Waals surface area contributed by atoms with Gasteiger partial charge in [-0.25, -0.2) is 9.59 Å². The van der Waals surface area contributed by atoms with Gasteiger partial charge in [0.15, 0.2) is 0 Å². The van der Waals surface area contributed by atoms with Crippen LogP contribution in [-0.2, 0) is 14.3 Å². The van der Waals surface area contributed by atoms with Gasteiger partial charge >= 0.3 is 12.1 Å². The lowest BCUT2D eigenvalue weighted by atomic mass is 10.2. The molecule has 1 heterocycles. The maximum absolute atomic E-state index is 11.8. The predicted molar refractivity (Wildman–Crippen MR) is 62.0 cm³/mol. The van der Waals surface area contributed by atoms with Gasteiger partial charge in [0, 0.05) is 13.1 Å². The molecule has 1 aliphatic rings. The van der Waals surface area contributed by atoms with E-state index in [0.29, 0.717) is 6.41 Å². The molecule has 18 heavy (non-hydrogen) atoms. The van der Waals surface area contributed by atoms with Crippen LogP contribution >= 0.6 is 0 Å². The van der Waals surface area contributed by atoms with Crippen LogP contribution in [0.1, 0.15) is 20.8 Å². The van der Waals surface area contributed by atoms with Gasteiger partial charge in [0.25, 0.3) is 0 Å². The molecule has 7 heteroatoms. The standard InChI is InChI=1S/C11H18N2O5/c1-11(2,3)18-10(17)12-4-5-13(7-14)8(6-12)9(15)16/h7-8H,4-6H2,1-3H3,(H,15,16). The Kier molecular flexibility index (Phi) is 4.15. The maximum atomic E-state index is 11.8. The minimum absolute atomic E-state index is 0.0526. The molecule has 1 unspecified atom stereocenters. The zero-order chi connectivity index (χ0) is 13.9. The Hall–Kier alpha value is -1.79. The molecule has 1 aliphatic heterocycles. The number of carboxylic acids is 1. The second-order valence-electron chi connectivity index (χ2n) is 5.12. The average molecular weight is 258 g/mol. The van der Waals surface area contributed by atoms with Crippen LogP contribution in [0.25, 0.3) is 0 Å². The topological polar surface area (TPSA) is 87.2 Å². The first-order chi connectivity index (χ1) is 8.24. The molecule has 1 atom stereocenters. The van der Waals surface area contributed by atoms with E-state index in [2.05, 4.69) is 0 Å². The maximum Gasteiger partial charge on any atom is 0.410 e. The minimum atomic E-state index is -1.13. The van der Waals surface area contributed by atoms with Crippen molar-refractivity contribution in [2.45, 2.75) is 32.4 Å². The summed E-state index contributed by atoms with van der Waals surface area (Å²) in [5, 5.41) is 8.99. The number of piperazine rings is 1. The molecule has 1 saturated heterocycles. The molecule has 0 bridgehead atoms. The normalized spacial score (nSPS) is 20.5. The molecular weight excluding hydrogens is 240 g/mol. The number of carboxylic acid groups (broad SMARTS) is 1. The van der Waals surface area contributed by atoms with Gasteiger partial charge in [-0.2, -0.15) is 0 Å². The van der Waals surface area contributed by atoms with Crippen LogP contribution in [0.5, 0.6) is 0 Å². The molecule has 1 fully saturated rings. The fourth-order valence-corrected chi connectivity index (χ4v) is 1.64. The van der Waals surface area contributed by atoms with E-state index < -0.39 is 23.7 Å². The molecular formula is C11H18N2O5. The second-order valence-corrected chi connectivity index (χ2v) is 5.12. The molecule has 0 spiro atoms. The summed E-state index contributed by atoms with van der Waals surface area (Å²) in [6.45, 7) is 5.63. The highest BCUT2D eigenvalue weighted by Gasteiger charge is 2.35. The van der Waals surface area contributed by atoms with Crippen LogP contribution < -0.4 is 0 Å². The molecule has 1 N–H and O–H groups in total. The summed E-state index contributed by atoms with van der Waals surface area (Å²) in [7, 11) is 0. The first kappa shape index (κ1) is 14.3. The van der Waals surface area contributed by atoms with Crippen molar-refractivity contribution in [2.75, 3.05) is 19.6 Å². The Morgan fingerprint density at radius 3 is 2.39 bits per heavy atom. The highest BCUT2D eigenvalue weighted by molar-refractivity contribution is 5.78. The molecule has 0 aromatic heterocycles. The van der Waals surface area contributed by atoms with E-state index in [1.54, 1.807) is 20.8 Å². The largest absolute Gasteiger partial charge is 0.480 e. The zero-order valence-electron chi connectivity index (χ0n) is 10.8. The van der Waals surface area contributed by atoms with E-state index in [1.165, 1.54) is 9.80 Å². The van der Waals surface area contributed by atoms with Gasteiger partial charge in [-0.3, -0.25) is 4.79 Å². The Balaban J connectivity index is 2.68. The summed E-state index contributed by atoms with van der Waals surface area (Å²) < 4.78 is 5.16. The number of aliphatic carboxylic acids is 1. The van der Waals surface area contributed by atoms with E-state index >= 15 is 0 Å². The number of ether oxygens (including phenoxy) is 1. The summed E-state index contributed by atoms with van der Waals surface area (Å²) in [6, 6.07) is -1.01. The molecule has 1 rings (SSSR count). The molecule has 2 amide bonds. The van der Waals surface area contributed by atoms with Crippen molar-refractivity contribution in [2.24, 2.45) is 0 Å². The number of carbonyl (C=O) groups is 3. The van der Waals surface area contributed by atoms with Gasteiger partial charge in [0.2, 0.25) is 6.41 Å². The van der Waals surface area contributed by atoms with Crippen LogP contribution in [0.4, 0.5) is 4.79 Å². The number of nitrogens with zero attached hydrogens (tertiary/aromatic N) is 2. The minimum Gasteiger partial charge on any atom is -0.480 e. The van der Waals surface area contributed by atoms with Gasteiger partial charge < -0.3 is 19.6 Å². The SMILES string of the molecule is CC(C)(C)OC(=O)N1CCN(C=O)C(C(=O)O)C1. The first-order valence-corrected chi connectivity index (χ1v) is 5.66. The van der Waals surface area contributed by atoms with Gasteiger partial charge in [-0.1, -0.05) is 0 Å². The van der Waals surface area contributed by atoms with Crippen LogP contribution in [0.2, 0.25) is 0 Å². The number of amides is 2. The van der Waals surface area contributed by atoms with Crippen molar-refractivity contribution in [3.05, 3.63) is 0 Å². The summed E-state index contributed by atoms with van der Waals surface area (Å²) >= 11 is 0. The summed E-state index contributed by atoms with van der Waals surface area (Å²) in [4.78, 5) is 36.0. The second kappa shape index (κ2) is 5.24. The number of hydrogen-bond donors (Lipinski definition) is 1. The van der Waals surface area contributed by atoms with Gasteiger partial charge in [0.05, 0.1) is 6.54 Å². The Bertz CT molecular complexity index is 350. The predicted octanol–water partition coefficient (Wildman–Crippen LogP) is 0.149. The van der Waals surface area contributed by atoms with Crippen molar-refractivity contribution in [1.29, 1.82) is 0 Å². The number of rotatable bonds is 2. The quantitative estimate of drug-likeness (QED) is 0.712. The number of carbonyl (C=O) groups excluding carboxylic acids is 2. The van der Waals surface area contributed by atoms with Gasteiger partial charge in [-0.05, 0) is 20.8 Å².